The second kappa shape index (κ2) is 5.85. The Morgan fingerprint density at radius 3 is 2.24 bits per heavy atom. The number of rotatable bonds is 3. The van der Waals surface area contributed by atoms with Gasteiger partial charge in [-0.2, -0.15) is 0 Å². The SMILES string of the molecule is CC(C)OC(=O)CN1CCC(C(C)(C)C)CC1. The quantitative estimate of drug-likeness (QED) is 0.712. The Labute approximate surface area is 106 Å². The average molecular weight is 241 g/mol. The zero-order valence-corrected chi connectivity index (χ0v) is 12.0. The largest absolute Gasteiger partial charge is 0.462 e. The molecule has 3 heteroatoms. The third kappa shape index (κ3) is 5.07. The lowest BCUT2D eigenvalue weighted by Gasteiger charge is -2.38. The van der Waals surface area contributed by atoms with E-state index in [1.54, 1.807) is 0 Å². The molecule has 0 bridgehead atoms. The van der Waals surface area contributed by atoms with E-state index in [0.29, 0.717) is 12.0 Å². The highest BCUT2D eigenvalue weighted by Gasteiger charge is 2.29. The number of carbonyl (C=O) groups excluding carboxylic acids is 1. The van der Waals surface area contributed by atoms with Crippen LogP contribution in [-0.2, 0) is 9.53 Å². The fourth-order valence-corrected chi connectivity index (χ4v) is 2.44. The van der Waals surface area contributed by atoms with Gasteiger partial charge >= 0.3 is 5.97 Å². The molecule has 1 aliphatic rings. The first kappa shape index (κ1) is 14.5. The summed E-state index contributed by atoms with van der Waals surface area (Å²) in [7, 11) is 0. The maximum atomic E-state index is 11.5. The van der Waals surface area contributed by atoms with Crippen LogP contribution in [0, 0.1) is 11.3 Å². The molecule has 0 atom stereocenters. The van der Waals surface area contributed by atoms with E-state index in [9.17, 15) is 4.79 Å². The number of esters is 1. The summed E-state index contributed by atoms with van der Waals surface area (Å²) in [4.78, 5) is 13.8. The second-order valence-electron chi connectivity index (χ2n) is 6.46. The first-order valence-electron chi connectivity index (χ1n) is 6.71. The van der Waals surface area contributed by atoms with E-state index in [-0.39, 0.29) is 12.1 Å². The molecular formula is C14H27NO2. The molecule has 0 unspecified atom stereocenters. The molecule has 1 heterocycles. The summed E-state index contributed by atoms with van der Waals surface area (Å²) in [6.07, 6.45) is 2.38. The van der Waals surface area contributed by atoms with Gasteiger partial charge in [0.25, 0.3) is 0 Å². The summed E-state index contributed by atoms with van der Waals surface area (Å²) in [5, 5.41) is 0. The predicted octanol–water partition coefficient (Wildman–Crippen LogP) is 2.70. The molecule has 1 rings (SSSR count). The molecule has 0 aromatic carbocycles. The molecule has 3 nitrogen and oxygen atoms in total. The van der Waals surface area contributed by atoms with Gasteiger partial charge in [0.1, 0.15) is 0 Å². The lowest BCUT2D eigenvalue weighted by atomic mass is 9.75. The lowest BCUT2D eigenvalue weighted by Crippen LogP contribution is -2.41. The Morgan fingerprint density at radius 1 is 1.29 bits per heavy atom. The minimum atomic E-state index is -0.0887. The monoisotopic (exact) mass is 241 g/mol. The molecule has 1 fully saturated rings. The van der Waals surface area contributed by atoms with Crippen LogP contribution in [0.2, 0.25) is 0 Å². The lowest BCUT2D eigenvalue weighted by molar-refractivity contribution is -0.149. The van der Waals surface area contributed by atoms with Crippen LogP contribution in [-0.4, -0.2) is 36.6 Å². The van der Waals surface area contributed by atoms with E-state index >= 15 is 0 Å². The Morgan fingerprint density at radius 2 is 1.82 bits per heavy atom. The Bertz CT molecular complexity index is 247. The average Bonchev–Trinajstić information content (AvgIpc) is 2.15. The fraction of sp³-hybridized carbons (Fsp3) is 0.929. The van der Waals surface area contributed by atoms with Crippen LogP contribution in [0.25, 0.3) is 0 Å². The number of nitrogens with zero attached hydrogens (tertiary/aromatic N) is 1. The maximum Gasteiger partial charge on any atom is 0.320 e. The zero-order chi connectivity index (χ0) is 13.1. The summed E-state index contributed by atoms with van der Waals surface area (Å²) in [6, 6.07) is 0. The Hall–Kier alpha value is -0.570. The van der Waals surface area contributed by atoms with Crippen LogP contribution in [0.1, 0.15) is 47.5 Å². The van der Waals surface area contributed by atoms with Crippen molar-refractivity contribution < 1.29 is 9.53 Å². The summed E-state index contributed by atoms with van der Waals surface area (Å²) < 4.78 is 5.17. The molecule has 0 aromatic rings. The van der Waals surface area contributed by atoms with Gasteiger partial charge in [-0.3, -0.25) is 9.69 Å². The van der Waals surface area contributed by atoms with Crippen molar-refractivity contribution in [3.8, 4) is 0 Å². The number of hydrogen-bond donors (Lipinski definition) is 0. The van der Waals surface area contributed by atoms with E-state index in [1.807, 2.05) is 13.8 Å². The second-order valence-corrected chi connectivity index (χ2v) is 6.46. The van der Waals surface area contributed by atoms with Gasteiger partial charge in [-0.25, -0.2) is 0 Å². The van der Waals surface area contributed by atoms with Crippen molar-refractivity contribution in [2.75, 3.05) is 19.6 Å². The fourth-order valence-electron chi connectivity index (χ4n) is 2.44. The molecule has 17 heavy (non-hydrogen) atoms. The molecule has 1 aliphatic heterocycles. The molecular weight excluding hydrogens is 214 g/mol. The summed E-state index contributed by atoms with van der Waals surface area (Å²) in [5.74, 6) is 0.689. The van der Waals surface area contributed by atoms with Crippen molar-refractivity contribution in [1.29, 1.82) is 0 Å². The molecule has 0 radical (unpaired) electrons. The van der Waals surface area contributed by atoms with Crippen LogP contribution in [0.3, 0.4) is 0 Å². The molecule has 100 valence electrons. The smallest absolute Gasteiger partial charge is 0.320 e. The number of hydrogen-bond acceptors (Lipinski definition) is 3. The van der Waals surface area contributed by atoms with Crippen LogP contribution in [0.15, 0.2) is 0 Å². The van der Waals surface area contributed by atoms with E-state index in [4.69, 9.17) is 4.74 Å². The summed E-state index contributed by atoms with van der Waals surface area (Å²) >= 11 is 0. The van der Waals surface area contributed by atoms with Crippen molar-refractivity contribution in [2.45, 2.75) is 53.6 Å². The first-order chi connectivity index (χ1) is 7.79. The highest BCUT2D eigenvalue weighted by atomic mass is 16.5. The van der Waals surface area contributed by atoms with Gasteiger partial charge in [0.15, 0.2) is 0 Å². The summed E-state index contributed by atoms with van der Waals surface area (Å²) in [5.41, 5.74) is 0.393. The van der Waals surface area contributed by atoms with Crippen LogP contribution in [0.4, 0.5) is 0 Å². The molecule has 0 N–H and O–H groups in total. The zero-order valence-electron chi connectivity index (χ0n) is 12.0. The van der Waals surface area contributed by atoms with Crippen molar-refractivity contribution >= 4 is 5.97 Å². The van der Waals surface area contributed by atoms with Gasteiger partial charge in [-0.05, 0) is 51.1 Å². The topological polar surface area (TPSA) is 29.5 Å². The third-order valence-corrected chi connectivity index (χ3v) is 3.53. The van der Waals surface area contributed by atoms with Gasteiger partial charge in [0, 0.05) is 0 Å². The normalized spacial score (nSPS) is 19.6. The minimum absolute atomic E-state index is 0.00499. The number of piperidine rings is 1. The van der Waals surface area contributed by atoms with Crippen LogP contribution in [0.5, 0.6) is 0 Å². The van der Waals surface area contributed by atoms with E-state index in [1.165, 1.54) is 12.8 Å². The summed E-state index contributed by atoms with van der Waals surface area (Å²) in [6.45, 7) is 13.2. The van der Waals surface area contributed by atoms with Crippen LogP contribution >= 0.6 is 0 Å². The molecule has 0 saturated carbocycles. The van der Waals surface area contributed by atoms with E-state index in [0.717, 1.165) is 19.0 Å². The Kier molecular flexibility index (Phi) is 4.99. The minimum Gasteiger partial charge on any atom is -0.462 e. The number of ether oxygens (including phenoxy) is 1. The highest BCUT2D eigenvalue weighted by Crippen LogP contribution is 2.34. The standard InChI is InChI=1S/C14H27NO2/c1-11(2)17-13(16)10-15-8-6-12(7-9-15)14(3,4)5/h11-12H,6-10H2,1-5H3. The van der Waals surface area contributed by atoms with Gasteiger partial charge in [-0.1, -0.05) is 20.8 Å². The maximum absolute atomic E-state index is 11.5. The Balaban J connectivity index is 2.30. The van der Waals surface area contributed by atoms with Crippen LogP contribution < -0.4 is 0 Å². The molecule has 0 aliphatic carbocycles. The van der Waals surface area contributed by atoms with E-state index in [2.05, 4.69) is 25.7 Å². The van der Waals surface area contributed by atoms with Gasteiger partial charge < -0.3 is 4.74 Å². The molecule has 0 spiro atoms. The molecule has 1 saturated heterocycles. The highest BCUT2D eigenvalue weighted by molar-refractivity contribution is 5.71. The molecule has 0 aromatic heterocycles. The number of carbonyl (C=O) groups is 1. The van der Waals surface area contributed by atoms with Gasteiger partial charge in [0.05, 0.1) is 12.6 Å². The van der Waals surface area contributed by atoms with E-state index < -0.39 is 0 Å². The third-order valence-electron chi connectivity index (χ3n) is 3.53. The van der Waals surface area contributed by atoms with Crippen molar-refractivity contribution in [1.82, 2.24) is 4.90 Å². The number of likely N-dealkylation sites (tertiary alicyclic amines) is 1. The predicted molar refractivity (Wildman–Crippen MR) is 69.8 cm³/mol. The van der Waals surface area contributed by atoms with Crippen molar-refractivity contribution in [3.05, 3.63) is 0 Å². The van der Waals surface area contributed by atoms with Gasteiger partial charge in [0.2, 0.25) is 0 Å². The van der Waals surface area contributed by atoms with Crippen molar-refractivity contribution in [2.24, 2.45) is 11.3 Å². The first-order valence-corrected chi connectivity index (χ1v) is 6.71. The van der Waals surface area contributed by atoms with Gasteiger partial charge in [-0.15, -0.1) is 0 Å². The molecule has 0 amide bonds. The van der Waals surface area contributed by atoms with Crippen molar-refractivity contribution in [3.63, 3.8) is 0 Å².